The number of carbonyl (C=O) groups excluding carboxylic acids is 1. The number of rotatable bonds is 9. The number of piperazine rings is 1. The molecule has 3 aliphatic rings. The van der Waals surface area contributed by atoms with Crippen LogP contribution in [0.15, 0.2) is 61.4 Å². The van der Waals surface area contributed by atoms with Crippen LogP contribution in [0.4, 0.5) is 28.7 Å². The van der Waals surface area contributed by atoms with Crippen molar-refractivity contribution < 1.29 is 19.1 Å². The van der Waals surface area contributed by atoms with Crippen LogP contribution in [-0.4, -0.2) is 79.9 Å². The number of carbonyl (C=O) groups is 1. The van der Waals surface area contributed by atoms with Gasteiger partial charge in [-0.2, -0.15) is 5.26 Å². The van der Waals surface area contributed by atoms with Crippen molar-refractivity contribution in [3.63, 3.8) is 0 Å². The van der Waals surface area contributed by atoms with Gasteiger partial charge in [0, 0.05) is 44.7 Å². The van der Waals surface area contributed by atoms with E-state index in [1.807, 2.05) is 30.3 Å². The third-order valence-electron chi connectivity index (χ3n) is 8.00. The Morgan fingerprint density at radius 1 is 1.14 bits per heavy atom. The molecule has 43 heavy (non-hydrogen) atoms. The Hall–Kier alpha value is -4.70. The lowest BCUT2D eigenvalue weighted by molar-refractivity contribution is -0.111. The molecule has 0 spiro atoms. The van der Waals surface area contributed by atoms with Gasteiger partial charge in [-0.05, 0) is 29.8 Å². The maximum absolute atomic E-state index is 12.4. The Morgan fingerprint density at radius 3 is 2.70 bits per heavy atom. The summed E-state index contributed by atoms with van der Waals surface area (Å²) in [4.78, 5) is 32.0. The standard InChI is InChI=1S/C31H34N8O4/c1-3-31(40)36-24-14-25(28(41-2)15-27(24)38-10-8-37(9-11-38)23-18-42-19-23)35-29-16-30(34-20-33-29)39-26(7-12-43-39)22-6-4-5-21(13-22)17-32/h3-6,13-16,20,23,26H,1,7-12,18-19H2,2H3,(H,36,40)(H,33,34,35)/t26-/m1/s1. The number of amides is 1. The number of hydroxylamine groups is 1. The van der Waals surface area contributed by atoms with Gasteiger partial charge in [-0.1, -0.05) is 18.7 Å². The van der Waals surface area contributed by atoms with Crippen molar-refractivity contribution in [1.29, 1.82) is 5.26 Å². The van der Waals surface area contributed by atoms with Gasteiger partial charge in [-0.15, -0.1) is 0 Å². The van der Waals surface area contributed by atoms with Crippen molar-refractivity contribution in [3.8, 4) is 11.8 Å². The Balaban J connectivity index is 1.25. The zero-order chi connectivity index (χ0) is 29.8. The molecule has 3 aliphatic heterocycles. The fourth-order valence-corrected chi connectivity index (χ4v) is 5.63. The number of methoxy groups -OCH3 is 1. The normalized spacial score (nSPS) is 18.9. The lowest BCUT2D eigenvalue weighted by atomic mass is 10.0. The Kier molecular flexibility index (Phi) is 8.37. The van der Waals surface area contributed by atoms with Crippen LogP contribution < -0.4 is 25.3 Å². The smallest absolute Gasteiger partial charge is 0.247 e. The molecule has 0 bridgehead atoms. The SMILES string of the molecule is C=CC(=O)Nc1cc(Nc2cc(N3OCC[C@@H]3c3cccc(C#N)c3)ncn2)c(OC)cc1N1CCN(C2COC2)CC1. The van der Waals surface area contributed by atoms with E-state index in [-0.39, 0.29) is 11.9 Å². The third kappa shape index (κ3) is 6.10. The monoisotopic (exact) mass is 582 g/mol. The molecule has 12 nitrogen and oxygen atoms in total. The molecule has 0 saturated carbocycles. The second-order valence-electron chi connectivity index (χ2n) is 10.6. The molecule has 0 aliphatic carbocycles. The fourth-order valence-electron chi connectivity index (χ4n) is 5.63. The minimum absolute atomic E-state index is 0.0946. The van der Waals surface area contributed by atoms with Crippen molar-refractivity contribution in [1.82, 2.24) is 14.9 Å². The first-order chi connectivity index (χ1) is 21.1. The number of hydrogen-bond acceptors (Lipinski definition) is 11. The molecule has 3 fully saturated rings. The average molecular weight is 583 g/mol. The minimum Gasteiger partial charge on any atom is -0.494 e. The van der Waals surface area contributed by atoms with Crippen molar-refractivity contribution in [2.24, 2.45) is 0 Å². The first-order valence-electron chi connectivity index (χ1n) is 14.3. The number of aromatic nitrogens is 2. The fraction of sp³-hybridized carbons (Fsp3) is 0.355. The lowest BCUT2D eigenvalue weighted by Crippen LogP contribution is -2.56. The molecule has 1 amide bonds. The van der Waals surface area contributed by atoms with E-state index in [9.17, 15) is 10.1 Å². The Labute approximate surface area is 250 Å². The van der Waals surface area contributed by atoms with Gasteiger partial charge in [0.05, 0.1) is 67.7 Å². The van der Waals surface area contributed by atoms with Gasteiger partial charge in [0.15, 0.2) is 5.82 Å². The van der Waals surface area contributed by atoms with E-state index in [4.69, 9.17) is 14.3 Å². The first kappa shape index (κ1) is 28.4. The average Bonchev–Trinajstić information content (AvgIpc) is 3.51. The highest BCUT2D eigenvalue weighted by Crippen LogP contribution is 2.40. The highest BCUT2D eigenvalue weighted by Gasteiger charge is 2.31. The van der Waals surface area contributed by atoms with Gasteiger partial charge in [-0.25, -0.2) is 15.0 Å². The molecule has 2 aromatic carbocycles. The molecule has 3 aromatic rings. The van der Waals surface area contributed by atoms with Crippen molar-refractivity contribution in [2.75, 3.05) is 73.7 Å². The quantitative estimate of drug-likeness (QED) is 0.359. The molecule has 1 atom stereocenters. The topological polar surface area (TPSA) is 128 Å². The van der Waals surface area contributed by atoms with Crippen LogP contribution in [0.3, 0.4) is 0 Å². The Morgan fingerprint density at radius 2 is 1.98 bits per heavy atom. The van der Waals surface area contributed by atoms with Crippen LogP contribution in [0.1, 0.15) is 23.6 Å². The molecule has 222 valence electrons. The van der Waals surface area contributed by atoms with Gasteiger partial charge in [0.2, 0.25) is 5.91 Å². The van der Waals surface area contributed by atoms with E-state index >= 15 is 0 Å². The number of nitrogens with one attached hydrogen (secondary N) is 2. The predicted octanol–water partition coefficient (Wildman–Crippen LogP) is 3.63. The van der Waals surface area contributed by atoms with Crippen LogP contribution in [0.25, 0.3) is 0 Å². The molecule has 0 unspecified atom stereocenters. The maximum atomic E-state index is 12.4. The van der Waals surface area contributed by atoms with E-state index in [0.717, 1.165) is 57.1 Å². The molecular weight excluding hydrogens is 548 g/mol. The molecule has 0 radical (unpaired) electrons. The second kappa shape index (κ2) is 12.7. The van der Waals surface area contributed by atoms with E-state index in [0.29, 0.717) is 47.0 Å². The molecule has 12 heteroatoms. The second-order valence-corrected chi connectivity index (χ2v) is 10.6. The summed E-state index contributed by atoms with van der Waals surface area (Å²) in [7, 11) is 1.62. The molecular formula is C31H34N8O4. The number of benzene rings is 2. The molecule has 4 heterocycles. The number of nitrogens with zero attached hydrogens (tertiary/aromatic N) is 6. The molecule has 3 saturated heterocycles. The summed E-state index contributed by atoms with van der Waals surface area (Å²) in [6.07, 6.45) is 3.48. The number of nitriles is 1. The summed E-state index contributed by atoms with van der Waals surface area (Å²) in [6.45, 7) is 9.17. The minimum atomic E-state index is -0.301. The summed E-state index contributed by atoms with van der Waals surface area (Å²) < 4.78 is 11.2. The highest BCUT2D eigenvalue weighted by atomic mass is 16.7. The summed E-state index contributed by atoms with van der Waals surface area (Å²) in [5.41, 5.74) is 3.72. The summed E-state index contributed by atoms with van der Waals surface area (Å²) in [5, 5.41) is 17.4. The maximum Gasteiger partial charge on any atom is 0.247 e. The number of ether oxygens (including phenoxy) is 2. The highest BCUT2D eigenvalue weighted by molar-refractivity contribution is 6.02. The van der Waals surface area contributed by atoms with Gasteiger partial charge in [-0.3, -0.25) is 14.5 Å². The largest absolute Gasteiger partial charge is 0.494 e. The summed E-state index contributed by atoms with van der Waals surface area (Å²) in [6, 6.07) is 15.7. The van der Waals surface area contributed by atoms with Crippen LogP contribution in [0.5, 0.6) is 5.75 Å². The van der Waals surface area contributed by atoms with Crippen molar-refractivity contribution >= 4 is 34.6 Å². The molecule has 2 N–H and O–H groups in total. The molecule has 6 rings (SSSR count). The number of anilines is 5. The van der Waals surface area contributed by atoms with E-state index < -0.39 is 0 Å². The third-order valence-corrected chi connectivity index (χ3v) is 8.00. The predicted molar refractivity (Wildman–Crippen MR) is 162 cm³/mol. The Bertz CT molecular complexity index is 1530. The van der Waals surface area contributed by atoms with Crippen LogP contribution in [-0.2, 0) is 14.4 Å². The van der Waals surface area contributed by atoms with Gasteiger partial charge in [0.1, 0.15) is 17.9 Å². The van der Waals surface area contributed by atoms with E-state index in [1.165, 1.54) is 12.4 Å². The van der Waals surface area contributed by atoms with E-state index in [1.54, 1.807) is 24.3 Å². The van der Waals surface area contributed by atoms with Crippen molar-refractivity contribution in [2.45, 2.75) is 18.5 Å². The number of hydrogen-bond donors (Lipinski definition) is 2. The molecule has 1 aromatic heterocycles. The van der Waals surface area contributed by atoms with Gasteiger partial charge >= 0.3 is 0 Å². The van der Waals surface area contributed by atoms with Crippen LogP contribution in [0, 0.1) is 11.3 Å². The lowest BCUT2D eigenvalue weighted by Gasteiger charge is -2.43. The van der Waals surface area contributed by atoms with Gasteiger partial charge in [0.25, 0.3) is 0 Å². The van der Waals surface area contributed by atoms with Gasteiger partial charge < -0.3 is 25.0 Å². The summed E-state index contributed by atoms with van der Waals surface area (Å²) in [5.74, 6) is 1.40. The zero-order valence-electron chi connectivity index (χ0n) is 24.0. The van der Waals surface area contributed by atoms with Crippen molar-refractivity contribution in [3.05, 3.63) is 72.6 Å². The van der Waals surface area contributed by atoms with Crippen LogP contribution in [0.2, 0.25) is 0 Å². The van der Waals surface area contributed by atoms with Crippen LogP contribution >= 0.6 is 0 Å². The first-order valence-corrected chi connectivity index (χ1v) is 14.3. The zero-order valence-corrected chi connectivity index (χ0v) is 24.0. The summed E-state index contributed by atoms with van der Waals surface area (Å²) >= 11 is 0. The van der Waals surface area contributed by atoms with E-state index in [2.05, 4.69) is 43.0 Å².